The molecule has 2 aromatic heterocycles. The molecule has 10 aromatic rings. The van der Waals surface area contributed by atoms with Crippen molar-refractivity contribution >= 4 is 21.8 Å². The van der Waals surface area contributed by atoms with Gasteiger partial charge in [-0.15, -0.1) is 0 Å². The Hall–Kier alpha value is -7.43. The van der Waals surface area contributed by atoms with E-state index in [1.54, 1.807) is 0 Å². The highest BCUT2D eigenvalue weighted by atomic mass is 15.0. The summed E-state index contributed by atoms with van der Waals surface area (Å²) in [6.07, 6.45) is 0. The molecular formula is C51H34N4. The number of hydrogen-bond donors (Lipinski definition) is 0. The number of para-hydroxylation sites is 1. The second kappa shape index (κ2) is 13.8. The number of benzene rings is 8. The molecule has 0 N–H and O–H groups in total. The summed E-state index contributed by atoms with van der Waals surface area (Å²) in [5.74, 6) is 1.90. The van der Waals surface area contributed by atoms with Crippen LogP contribution >= 0.6 is 0 Å². The van der Waals surface area contributed by atoms with Crippen LogP contribution < -0.4 is 0 Å². The van der Waals surface area contributed by atoms with Gasteiger partial charge in [-0.3, -0.25) is 0 Å². The number of rotatable bonds is 7. The van der Waals surface area contributed by atoms with Crippen molar-refractivity contribution in [2.75, 3.05) is 0 Å². The van der Waals surface area contributed by atoms with Gasteiger partial charge in [-0.25, -0.2) is 15.0 Å². The third-order valence-corrected chi connectivity index (χ3v) is 10.3. The van der Waals surface area contributed by atoms with E-state index in [4.69, 9.17) is 15.0 Å². The van der Waals surface area contributed by atoms with Crippen molar-refractivity contribution in [1.29, 1.82) is 0 Å². The minimum absolute atomic E-state index is 0.631. The summed E-state index contributed by atoms with van der Waals surface area (Å²) in [5.41, 5.74) is 13.2. The highest BCUT2D eigenvalue weighted by Crippen LogP contribution is 2.39. The Kier molecular flexibility index (Phi) is 8.12. The largest absolute Gasteiger partial charge is 0.309 e. The Morgan fingerprint density at radius 3 is 1.33 bits per heavy atom. The van der Waals surface area contributed by atoms with E-state index in [0.29, 0.717) is 17.5 Å². The van der Waals surface area contributed by atoms with E-state index in [1.807, 2.05) is 24.3 Å². The van der Waals surface area contributed by atoms with E-state index in [-0.39, 0.29) is 0 Å². The zero-order valence-electron chi connectivity index (χ0n) is 29.9. The maximum atomic E-state index is 5.21. The van der Waals surface area contributed by atoms with Gasteiger partial charge in [-0.05, 0) is 57.6 Å². The molecule has 0 saturated carbocycles. The normalized spacial score (nSPS) is 11.3. The average molecular weight is 703 g/mol. The summed E-state index contributed by atoms with van der Waals surface area (Å²) >= 11 is 0. The maximum absolute atomic E-state index is 5.21. The fourth-order valence-electron chi connectivity index (χ4n) is 7.58. The molecule has 0 aliphatic heterocycles. The smallest absolute Gasteiger partial charge is 0.164 e. The minimum atomic E-state index is 0.631. The average Bonchev–Trinajstić information content (AvgIpc) is 3.62. The topological polar surface area (TPSA) is 43.6 Å². The van der Waals surface area contributed by atoms with E-state index in [1.165, 1.54) is 22.3 Å². The van der Waals surface area contributed by atoms with Gasteiger partial charge in [0, 0.05) is 33.2 Å². The van der Waals surface area contributed by atoms with Gasteiger partial charge in [0.1, 0.15) is 0 Å². The van der Waals surface area contributed by atoms with Gasteiger partial charge in [0.05, 0.1) is 11.0 Å². The fraction of sp³-hybridized carbons (Fsp3) is 0. The van der Waals surface area contributed by atoms with Crippen LogP contribution in [0.15, 0.2) is 206 Å². The highest BCUT2D eigenvalue weighted by Gasteiger charge is 2.20. The number of fused-ring (bicyclic) bond motifs is 3. The van der Waals surface area contributed by atoms with Crippen molar-refractivity contribution in [2.45, 2.75) is 0 Å². The zero-order chi connectivity index (χ0) is 36.6. The zero-order valence-corrected chi connectivity index (χ0v) is 29.9. The minimum Gasteiger partial charge on any atom is -0.309 e. The molecule has 0 radical (unpaired) electrons. The first kappa shape index (κ1) is 32.2. The second-order valence-corrected chi connectivity index (χ2v) is 13.7. The molecule has 0 unspecified atom stereocenters. The van der Waals surface area contributed by atoms with Gasteiger partial charge in [0.25, 0.3) is 0 Å². The molecule has 0 saturated heterocycles. The van der Waals surface area contributed by atoms with Gasteiger partial charge in [-0.2, -0.15) is 0 Å². The van der Waals surface area contributed by atoms with Crippen molar-refractivity contribution in [3.63, 3.8) is 0 Å². The second-order valence-electron chi connectivity index (χ2n) is 13.7. The summed E-state index contributed by atoms with van der Waals surface area (Å²) < 4.78 is 2.35. The van der Waals surface area contributed by atoms with Crippen LogP contribution in [0, 0.1) is 0 Å². The summed E-state index contributed by atoms with van der Waals surface area (Å²) in [7, 11) is 0. The molecule has 0 atom stereocenters. The van der Waals surface area contributed by atoms with Gasteiger partial charge in [0.15, 0.2) is 17.5 Å². The third-order valence-electron chi connectivity index (χ3n) is 10.3. The monoisotopic (exact) mass is 702 g/mol. The molecule has 0 amide bonds. The first-order valence-electron chi connectivity index (χ1n) is 18.5. The van der Waals surface area contributed by atoms with Crippen LogP contribution in [-0.2, 0) is 0 Å². The van der Waals surface area contributed by atoms with Crippen LogP contribution in [-0.4, -0.2) is 19.5 Å². The molecule has 258 valence electrons. The van der Waals surface area contributed by atoms with Gasteiger partial charge in [-0.1, -0.05) is 182 Å². The molecule has 2 heterocycles. The van der Waals surface area contributed by atoms with Gasteiger partial charge in [0.2, 0.25) is 0 Å². The van der Waals surface area contributed by atoms with Crippen LogP contribution in [0.2, 0.25) is 0 Å². The van der Waals surface area contributed by atoms with Crippen molar-refractivity contribution in [2.24, 2.45) is 0 Å². The lowest BCUT2D eigenvalue weighted by Gasteiger charge is -2.12. The summed E-state index contributed by atoms with van der Waals surface area (Å²) in [6, 6.07) is 72.2. The first-order valence-corrected chi connectivity index (χ1v) is 18.5. The molecule has 4 heteroatoms. The summed E-state index contributed by atoms with van der Waals surface area (Å²) in [6.45, 7) is 0. The lowest BCUT2D eigenvalue weighted by atomic mass is 9.99. The predicted octanol–water partition coefficient (Wildman–Crippen LogP) is 13.0. The van der Waals surface area contributed by atoms with E-state index in [0.717, 1.165) is 55.3 Å². The molecule has 0 bridgehead atoms. The lowest BCUT2D eigenvalue weighted by Crippen LogP contribution is -2.00. The molecular weight excluding hydrogens is 669 g/mol. The Bertz CT molecular complexity index is 2930. The van der Waals surface area contributed by atoms with Gasteiger partial charge < -0.3 is 4.57 Å². The van der Waals surface area contributed by atoms with Crippen LogP contribution in [0.25, 0.3) is 95.0 Å². The molecule has 0 spiro atoms. The van der Waals surface area contributed by atoms with E-state index < -0.39 is 0 Å². The molecule has 55 heavy (non-hydrogen) atoms. The molecule has 0 aliphatic rings. The van der Waals surface area contributed by atoms with Crippen LogP contribution in [0.4, 0.5) is 0 Å². The summed E-state index contributed by atoms with van der Waals surface area (Å²) in [4.78, 5) is 15.4. The fourth-order valence-corrected chi connectivity index (χ4v) is 7.58. The van der Waals surface area contributed by atoms with E-state index in [9.17, 15) is 0 Å². The Morgan fingerprint density at radius 2 is 0.709 bits per heavy atom. The highest BCUT2D eigenvalue weighted by molar-refractivity contribution is 6.15. The van der Waals surface area contributed by atoms with Crippen molar-refractivity contribution < 1.29 is 0 Å². The number of aromatic nitrogens is 4. The predicted molar refractivity (Wildman–Crippen MR) is 227 cm³/mol. The Morgan fingerprint density at radius 1 is 0.291 bits per heavy atom. The molecule has 0 aliphatic carbocycles. The molecule has 8 aromatic carbocycles. The van der Waals surface area contributed by atoms with Crippen molar-refractivity contribution in [3.05, 3.63) is 206 Å². The van der Waals surface area contributed by atoms with Crippen molar-refractivity contribution in [3.8, 4) is 73.2 Å². The maximum Gasteiger partial charge on any atom is 0.164 e. The number of nitrogens with zero attached hydrogens (tertiary/aromatic N) is 4. The molecule has 4 nitrogen and oxygen atoms in total. The van der Waals surface area contributed by atoms with Crippen LogP contribution in [0.3, 0.4) is 0 Å². The summed E-state index contributed by atoms with van der Waals surface area (Å²) in [5, 5.41) is 2.25. The Labute approximate surface area is 319 Å². The van der Waals surface area contributed by atoms with Crippen LogP contribution in [0.5, 0.6) is 0 Å². The third kappa shape index (κ3) is 6.06. The quantitative estimate of drug-likeness (QED) is 0.166. The SMILES string of the molecule is c1ccc(-c2ccc(-c3ccc(-c4nc(-c5ccccc5)nc(-c5cccc6c5c5ccccc5n6-c5cccc(-c6ccccc6)c5)n4)cc3)cc2)cc1. The molecule has 0 fully saturated rings. The Balaban J connectivity index is 1.10. The van der Waals surface area contributed by atoms with Crippen molar-refractivity contribution in [1.82, 2.24) is 19.5 Å². The van der Waals surface area contributed by atoms with E-state index >= 15 is 0 Å². The van der Waals surface area contributed by atoms with E-state index in [2.05, 4.69) is 187 Å². The van der Waals surface area contributed by atoms with Crippen LogP contribution in [0.1, 0.15) is 0 Å². The van der Waals surface area contributed by atoms with Gasteiger partial charge >= 0.3 is 0 Å². The standard InChI is InChI=1S/C51H34N4/c1-4-14-35(15-5-1)37-26-28-38(29-27-37)39-30-32-41(33-31-39)50-52-49(40-18-8-3-9-19-40)53-51(54-50)45-23-13-25-47-48(45)44-22-10-11-24-46(44)55(47)43-21-12-20-42(34-43)36-16-6-2-7-17-36/h1-34H. The first-order chi connectivity index (χ1) is 27.3. The number of hydrogen-bond acceptors (Lipinski definition) is 3. The lowest BCUT2D eigenvalue weighted by molar-refractivity contribution is 1.08. The molecule has 10 rings (SSSR count).